The molecule has 27 heavy (non-hydrogen) atoms. The van der Waals surface area contributed by atoms with E-state index in [0.717, 1.165) is 31.5 Å². The molecule has 0 radical (unpaired) electrons. The Morgan fingerprint density at radius 1 is 1.07 bits per heavy atom. The molecule has 1 fully saturated rings. The minimum atomic E-state index is -0.724. The van der Waals surface area contributed by atoms with Gasteiger partial charge in [0.25, 0.3) is 5.78 Å². The lowest BCUT2D eigenvalue weighted by molar-refractivity contribution is -0.115. The third-order valence-corrected chi connectivity index (χ3v) is 5.11. The quantitative estimate of drug-likeness (QED) is 0.639. The first-order valence-corrected chi connectivity index (χ1v) is 8.92. The molecule has 6 heteroatoms. The van der Waals surface area contributed by atoms with Gasteiger partial charge in [0.15, 0.2) is 11.5 Å². The minimum absolute atomic E-state index is 0.0757. The summed E-state index contributed by atoms with van der Waals surface area (Å²) < 4.78 is 10.9. The largest absolute Gasteiger partial charge is 0.493 e. The summed E-state index contributed by atoms with van der Waals surface area (Å²) in [6.07, 6.45) is 6.22. The number of fused-ring (bicyclic) bond motifs is 1. The normalized spacial score (nSPS) is 23.0. The molecule has 0 unspecified atom stereocenters. The van der Waals surface area contributed by atoms with Gasteiger partial charge < -0.3 is 14.8 Å². The lowest BCUT2D eigenvalue weighted by atomic mass is 9.88. The summed E-state index contributed by atoms with van der Waals surface area (Å²) in [6.45, 7) is 1.91. The van der Waals surface area contributed by atoms with E-state index in [4.69, 9.17) is 9.47 Å². The van der Waals surface area contributed by atoms with E-state index in [2.05, 4.69) is 5.32 Å². The van der Waals surface area contributed by atoms with Crippen LogP contribution in [0.2, 0.25) is 0 Å². The van der Waals surface area contributed by atoms with Gasteiger partial charge >= 0.3 is 0 Å². The second-order valence-electron chi connectivity index (χ2n) is 6.73. The fourth-order valence-corrected chi connectivity index (χ4v) is 3.60. The van der Waals surface area contributed by atoms with Crippen molar-refractivity contribution >= 4 is 17.3 Å². The van der Waals surface area contributed by atoms with E-state index in [0.29, 0.717) is 17.2 Å². The Morgan fingerprint density at radius 3 is 2.59 bits per heavy atom. The number of nitrogens with one attached hydrogen (secondary N) is 1. The molecule has 0 aromatic heterocycles. The fourth-order valence-electron chi connectivity index (χ4n) is 3.60. The van der Waals surface area contributed by atoms with Crippen LogP contribution in [-0.4, -0.2) is 37.5 Å². The summed E-state index contributed by atoms with van der Waals surface area (Å²) in [6, 6.07) is 5.43. The molecule has 2 heterocycles. The first kappa shape index (κ1) is 17.4. The standard InChI is InChI=1S/C21H19NO5/c1-26-18-11-14(3-5-16(18)23)21-20(25)19(24)15-4-2-13(10-17(15)27-21)12-6-8-22-9-7-12/h2-5,10-12,22H,6-9H2,1H3/b21-14-. The summed E-state index contributed by atoms with van der Waals surface area (Å²) in [4.78, 5) is 36.8. The molecule has 0 atom stereocenters. The highest BCUT2D eigenvalue weighted by Gasteiger charge is 2.34. The molecule has 0 bridgehead atoms. The molecule has 0 spiro atoms. The second kappa shape index (κ2) is 6.96. The third-order valence-electron chi connectivity index (χ3n) is 5.11. The zero-order valence-electron chi connectivity index (χ0n) is 14.9. The number of hydrogen-bond acceptors (Lipinski definition) is 6. The molecule has 1 aliphatic carbocycles. The Bertz CT molecular complexity index is 932. The molecule has 2 aliphatic heterocycles. The van der Waals surface area contributed by atoms with Gasteiger partial charge in [0.1, 0.15) is 5.75 Å². The number of Topliss-reactive ketones (excluding diaryl/α,β-unsaturated/α-hetero) is 2. The van der Waals surface area contributed by atoms with E-state index >= 15 is 0 Å². The molecule has 3 aliphatic rings. The van der Waals surface area contributed by atoms with Gasteiger partial charge in [-0.2, -0.15) is 0 Å². The van der Waals surface area contributed by atoms with Gasteiger partial charge in [-0.05, 0) is 67.8 Å². The maximum absolute atomic E-state index is 12.6. The minimum Gasteiger partial charge on any atom is -0.493 e. The van der Waals surface area contributed by atoms with Crippen LogP contribution in [0.15, 0.2) is 53.5 Å². The van der Waals surface area contributed by atoms with Crippen LogP contribution in [0.3, 0.4) is 0 Å². The van der Waals surface area contributed by atoms with Gasteiger partial charge in [-0.1, -0.05) is 6.07 Å². The number of ether oxygens (including phenoxy) is 2. The van der Waals surface area contributed by atoms with Gasteiger partial charge in [-0.3, -0.25) is 14.4 Å². The first-order chi connectivity index (χ1) is 13.1. The number of benzene rings is 1. The van der Waals surface area contributed by atoms with Crippen molar-refractivity contribution in [2.24, 2.45) is 0 Å². The summed E-state index contributed by atoms with van der Waals surface area (Å²) in [7, 11) is 1.38. The average molecular weight is 365 g/mol. The maximum Gasteiger partial charge on any atom is 0.269 e. The van der Waals surface area contributed by atoms with Crippen LogP contribution in [0.4, 0.5) is 0 Å². The Labute approximate surface area is 156 Å². The third kappa shape index (κ3) is 3.13. The molecule has 4 rings (SSSR count). The van der Waals surface area contributed by atoms with Crippen LogP contribution in [0, 0.1) is 0 Å². The number of piperidine rings is 1. The predicted octanol–water partition coefficient (Wildman–Crippen LogP) is 2.22. The molecule has 1 aromatic carbocycles. The van der Waals surface area contributed by atoms with E-state index < -0.39 is 11.6 Å². The van der Waals surface area contributed by atoms with Crippen molar-refractivity contribution in [1.82, 2.24) is 5.32 Å². The fraction of sp³-hybridized carbons (Fsp3) is 0.286. The number of rotatable bonds is 2. The molecule has 1 saturated heterocycles. The van der Waals surface area contributed by atoms with Crippen LogP contribution >= 0.6 is 0 Å². The highest BCUT2D eigenvalue weighted by molar-refractivity contribution is 6.50. The van der Waals surface area contributed by atoms with E-state index in [1.165, 1.54) is 25.3 Å². The Hall–Kier alpha value is -2.99. The van der Waals surface area contributed by atoms with E-state index in [-0.39, 0.29) is 22.9 Å². The Morgan fingerprint density at radius 2 is 1.85 bits per heavy atom. The topological polar surface area (TPSA) is 81.7 Å². The van der Waals surface area contributed by atoms with Crippen molar-refractivity contribution in [3.05, 3.63) is 64.6 Å². The van der Waals surface area contributed by atoms with Crippen molar-refractivity contribution in [3.8, 4) is 5.75 Å². The van der Waals surface area contributed by atoms with E-state index in [1.807, 2.05) is 12.1 Å². The zero-order chi connectivity index (χ0) is 19.0. The first-order valence-electron chi connectivity index (χ1n) is 8.92. The molecule has 138 valence electrons. The number of methoxy groups -OCH3 is 1. The summed E-state index contributed by atoms with van der Waals surface area (Å²) >= 11 is 0. The smallest absolute Gasteiger partial charge is 0.269 e. The number of carbonyl (C=O) groups is 3. The maximum atomic E-state index is 12.6. The van der Waals surface area contributed by atoms with E-state index in [9.17, 15) is 14.4 Å². The van der Waals surface area contributed by atoms with Crippen molar-refractivity contribution in [2.75, 3.05) is 20.2 Å². The highest BCUT2D eigenvalue weighted by Crippen LogP contribution is 2.35. The molecule has 0 saturated carbocycles. The van der Waals surface area contributed by atoms with Crippen LogP contribution in [0.5, 0.6) is 5.75 Å². The van der Waals surface area contributed by atoms with Crippen molar-refractivity contribution in [1.29, 1.82) is 0 Å². The van der Waals surface area contributed by atoms with Crippen LogP contribution < -0.4 is 10.1 Å². The van der Waals surface area contributed by atoms with Gasteiger partial charge in [-0.15, -0.1) is 0 Å². The predicted molar refractivity (Wildman–Crippen MR) is 97.5 cm³/mol. The molecule has 0 amide bonds. The lowest BCUT2D eigenvalue weighted by Gasteiger charge is -2.25. The van der Waals surface area contributed by atoms with Gasteiger partial charge in [0.2, 0.25) is 11.6 Å². The Balaban J connectivity index is 1.74. The Kier molecular flexibility index (Phi) is 4.49. The summed E-state index contributed by atoms with van der Waals surface area (Å²) in [5, 5.41) is 3.33. The van der Waals surface area contributed by atoms with Crippen LogP contribution in [0.1, 0.15) is 34.7 Å². The summed E-state index contributed by atoms with van der Waals surface area (Å²) in [5.74, 6) is -0.825. The van der Waals surface area contributed by atoms with Crippen LogP contribution in [-0.2, 0) is 14.3 Å². The van der Waals surface area contributed by atoms with Crippen molar-refractivity contribution in [2.45, 2.75) is 18.8 Å². The molecular formula is C21H19NO5. The summed E-state index contributed by atoms with van der Waals surface area (Å²) in [5.41, 5.74) is 1.72. The number of allylic oxidation sites excluding steroid dienone is 5. The monoisotopic (exact) mass is 365 g/mol. The molecule has 1 N–H and O–H groups in total. The van der Waals surface area contributed by atoms with E-state index in [1.54, 1.807) is 6.07 Å². The van der Waals surface area contributed by atoms with Crippen LogP contribution in [0.25, 0.3) is 0 Å². The lowest BCUT2D eigenvalue weighted by Crippen LogP contribution is -2.28. The highest BCUT2D eigenvalue weighted by atomic mass is 16.5. The molecule has 1 aromatic rings. The SMILES string of the molecule is COC1=C/C(=C2\Oc3cc(C4CCNCC4)ccc3C(=O)C2=O)C=CC1=O. The average Bonchev–Trinajstić information content (AvgIpc) is 2.71. The van der Waals surface area contributed by atoms with Crippen molar-refractivity contribution < 1.29 is 23.9 Å². The van der Waals surface area contributed by atoms with Gasteiger partial charge in [0, 0.05) is 5.57 Å². The second-order valence-corrected chi connectivity index (χ2v) is 6.73. The number of carbonyl (C=O) groups excluding carboxylic acids is 3. The number of ketones is 3. The zero-order valence-corrected chi connectivity index (χ0v) is 14.9. The molecule has 6 nitrogen and oxygen atoms in total. The van der Waals surface area contributed by atoms with Crippen molar-refractivity contribution in [3.63, 3.8) is 0 Å². The van der Waals surface area contributed by atoms with Gasteiger partial charge in [-0.25, -0.2) is 0 Å². The number of hydrogen-bond donors (Lipinski definition) is 1. The molecular weight excluding hydrogens is 346 g/mol. The van der Waals surface area contributed by atoms with Gasteiger partial charge in [0.05, 0.1) is 12.7 Å².